The van der Waals surface area contributed by atoms with Gasteiger partial charge in [0.05, 0.1) is 5.69 Å². The molecule has 1 aliphatic carbocycles. The summed E-state index contributed by atoms with van der Waals surface area (Å²) in [4.78, 5) is 16.1. The van der Waals surface area contributed by atoms with Gasteiger partial charge in [0.25, 0.3) is 0 Å². The largest absolute Gasteiger partial charge is 0.396 e. The zero-order valence-corrected chi connectivity index (χ0v) is 12.0. The lowest BCUT2D eigenvalue weighted by molar-refractivity contribution is 0.176. The Hall–Kier alpha value is -1.14. The van der Waals surface area contributed by atoms with Crippen LogP contribution in [0.25, 0.3) is 0 Å². The molecule has 0 radical (unpaired) electrons. The number of amides is 2. The van der Waals surface area contributed by atoms with Crippen molar-refractivity contribution in [2.24, 2.45) is 5.92 Å². The normalized spacial score (nSPS) is 23.1. The summed E-state index contributed by atoms with van der Waals surface area (Å²) in [5.41, 5.74) is 1.00. The highest BCUT2D eigenvalue weighted by atomic mass is 32.1. The molecule has 1 saturated carbocycles. The number of hydrogen-bond acceptors (Lipinski definition) is 4. The SMILES string of the molecule is CCc1csc(NC(=O)NC2CCC(CO)CC2)n1. The van der Waals surface area contributed by atoms with E-state index < -0.39 is 0 Å². The first-order valence-corrected chi connectivity index (χ1v) is 7.72. The van der Waals surface area contributed by atoms with E-state index in [1.54, 1.807) is 0 Å². The first kappa shape index (κ1) is 14.3. The van der Waals surface area contributed by atoms with E-state index in [2.05, 4.69) is 15.6 Å². The van der Waals surface area contributed by atoms with Crippen LogP contribution in [-0.4, -0.2) is 28.8 Å². The molecule has 1 aliphatic rings. The number of aliphatic hydroxyl groups is 1. The summed E-state index contributed by atoms with van der Waals surface area (Å²) in [5, 5.41) is 17.4. The van der Waals surface area contributed by atoms with Crippen LogP contribution in [0.4, 0.5) is 9.93 Å². The van der Waals surface area contributed by atoms with Crippen LogP contribution in [0.2, 0.25) is 0 Å². The fraction of sp³-hybridized carbons (Fsp3) is 0.692. The lowest BCUT2D eigenvalue weighted by atomic mass is 9.87. The number of thiazole rings is 1. The number of aromatic nitrogens is 1. The number of aryl methyl sites for hydroxylation is 1. The van der Waals surface area contributed by atoms with Gasteiger partial charge < -0.3 is 10.4 Å². The Morgan fingerprint density at radius 1 is 1.47 bits per heavy atom. The van der Waals surface area contributed by atoms with Gasteiger partial charge >= 0.3 is 6.03 Å². The fourth-order valence-electron chi connectivity index (χ4n) is 2.33. The molecule has 0 aliphatic heterocycles. The van der Waals surface area contributed by atoms with E-state index in [1.807, 2.05) is 12.3 Å². The molecule has 1 aromatic heterocycles. The second-order valence-corrected chi connectivity index (χ2v) is 5.85. The molecular formula is C13H21N3O2S. The molecule has 19 heavy (non-hydrogen) atoms. The zero-order valence-electron chi connectivity index (χ0n) is 11.2. The van der Waals surface area contributed by atoms with E-state index in [9.17, 15) is 4.79 Å². The Balaban J connectivity index is 1.75. The second kappa shape index (κ2) is 6.86. The van der Waals surface area contributed by atoms with Crippen molar-refractivity contribution in [3.05, 3.63) is 11.1 Å². The van der Waals surface area contributed by atoms with Crippen LogP contribution in [0, 0.1) is 5.92 Å². The molecule has 0 unspecified atom stereocenters. The van der Waals surface area contributed by atoms with Gasteiger partial charge in [-0.3, -0.25) is 5.32 Å². The summed E-state index contributed by atoms with van der Waals surface area (Å²) >= 11 is 1.45. The van der Waals surface area contributed by atoms with E-state index in [4.69, 9.17) is 5.11 Å². The third-order valence-electron chi connectivity index (χ3n) is 3.57. The summed E-state index contributed by atoms with van der Waals surface area (Å²) in [6, 6.07) is 0.0397. The van der Waals surface area contributed by atoms with Gasteiger partial charge in [-0.25, -0.2) is 9.78 Å². The number of carbonyl (C=O) groups excluding carboxylic acids is 1. The summed E-state index contributed by atoms with van der Waals surface area (Å²) in [6.45, 7) is 2.30. The first-order valence-electron chi connectivity index (χ1n) is 6.84. The molecule has 0 aromatic carbocycles. The average molecular weight is 283 g/mol. The van der Waals surface area contributed by atoms with Crippen LogP contribution in [0.3, 0.4) is 0 Å². The van der Waals surface area contributed by atoms with Crippen molar-refractivity contribution < 1.29 is 9.90 Å². The average Bonchev–Trinajstić information content (AvgIpc) is 2.87. The van der Waals surface area contributed by atoms with Gasteiger partial charge in [0.2, 0.25) is 0 Å². The number of aliphatic hydroxyl groups excluding tert-OH is 1. The predicted octanol–water partition coefficient (Wildman–Crippen LogP) is 2.38. The number of carbonyl (C=O) groups is 1. The van der Waals surface area contributed by atoms with Gasteiger partial charge in [0, 0.05) is 18.0 Å². The van der Waals surface area contributed by atoms with Gasteiger partial charge in [-0.05, 0) is 38.0 Å². The molecule has 0 spiro atoms. The number of urea groups is 1. The van der Waals surface area contributed by atoms with Crippen molar-refractivity contribution in [2.45, 2.75) is 45.1 Å². The Morgan fingerprint density at radius 3 is 2.79 bits per heavy atom. The van der Waals surface area contributed by atoms with E-state index in [-0.39, 0.29) is 18.7 Å². The molecule has 1 aromatic rings. The quantitative estimate of drug-likeness (QED) is 0.794. The molecule has 0 bridgehead atoms. The number of nitrogens with zero attached hydrogens (tertiary/aromatic N) is 1. The van der Waals surface area contributed by atoms with Crippen LogP contribution < -0.4 is 10.6 Å². The van der Waals surface area contributed by atoms with Crippen molar-refractivity contribution in [3.63, 3.8) is 0 Å². The minimum absolute atomic E-state index is 0.176. The molecule has 2 amide bonds. The van der Waals surface area contributed by atoms with Gasteiger partial charge in [-0.15, -0.1) is 11.3 Å². The predicted molar refractivity (Wildman–Crippen MR) is 76.5 cm³/mol. The van der Waals surface area contributed by atoms with Gasteiger partial charge in [-0.1, -0.05) is 6.92 Å². The highest BCUT2D eigenvalue weighted by Crippen LogP contribution is 2.23. The maximum Gasteiger partial charge on any atom is 0.321 e. The lowest BCUT2D eigenvalue weighted by Gasteiger charge is -2.27. The number of hydrogen-bond donors (Lipinski definition) is 3. The number of nitrogens with one attached hydrogen (secondary N) is 2. The molecule has 3 N–H and O–H groups in total. The summed E-state index contributed by atoms with van der Waals surface area (Å²) in [7, 11) is 0. The van der Waals surface area contributed by atoms with E-state index >= 15 is 0 Å². The van der Waals surface area contributed by atoms with Crippen LogP contribution in [0.1, 0.15) is 38.3 Å². The monoisotopic (exact) mass is 283 g/mol. The minimum atomic E-state index is -0.176. The molecule has 1 heterocycles. The highest BCUT2D eigenvalue weighted by molar-refractivity contribution is 7.13. The standard InChI is InChI=1S/C13H21N3O2S/c1-2-10-8-19-13(15-10)16-12(18)14-11-5-3-9(7-17)4-6-11/h8-9,11,17H,2-7H2,1H3,(H2,14,15,16,18). The summed E-state index contributed by atoms with van der Waals surface area (Å²) in [5.74, 6) is 0.409. The van der Waals surface area contributed by atoms with Crippen LogP contribution in [0.5, 0.6) is 0 Å². The Labute approximate surface area is 117 Å². The third kappa shape index (κ3) is 4.18. The molecule has 0 saturated heterocycles. The summed E-state index contributed by atoms with van der Waals surface area (Å²) in [6.07, 6.45) is 4.73. The van der Waals surface area contributed by atoms with Crippen molar-refractivity contribution in [1.29, 1.82) is 0 Å². The van der Waals surface area contributed by atoms with Gasteiger partial charge in [0.1, 0.15) is 0 Å². The molecule has 1 fully saturated rings. The molecule has 2 rings (SSSR count). The molecule has 106 valence electrons. The maximum atomic E-state index is 11.8. The smallest absolute Gasteiger partial charge is 0.321 e. The Morgan fingerprint density at radius 2 is 2.21 bits per heavy atom. The maximum absolute atomic E-state index is 11.8. The Bertz CT molecular complexity index is 414. The minimum Gasteiger partial charge on any atom is -0.396 e. The zero-order chi connectivity index (χ0) is 13.7. The summed E-state index contributed by atoms with van der Waals surface area (Å²) < 4.78 is 0. The molecule has 6 heteroatoms. The van der Waals surface area contributed by atoms with E-state index in [1.165, 1.54) is 11.3 Å². The van der Waals surface area contributed by atoms with Crippen molar-refractivity contribution in [1.82, 2.24) is 10.3 Å². The van der Waals surface area contributed by atoms with E-state index in [0.717, 1.165) is 37.8 Å². The van der Waals surface area contributed by atoms with Crippen molar-refractivity contribution >= 4 is 22.5 Å². The fourth-order valence-corrected chi connectivity index (χ4v) is 3.12. The molecular weight excluding hydrogens is 262 g/mol. The third-order valence-corrected chi connectivity index (χ3v) is 4.38. The highest BCUT2D eigenvalue weighted by Gasteiger charge is 2.21. The topological polar surface area (TPSA) is 74.2 Å². The van der Waals surface area contributed by atoms with E-state index in [0.29, 0.717) is 11.0 Å². The van der Waals surface area contributed by atoms with Crippen molar-refractivity contribution in [2.75, 3.05) is 11.9 Å². The first-order chi connectivity index (χ1) is 9.21. The lowest BCUT2D eigenvalue weighted by Crippen LogP contribution is -2.40. The van der Waals surface area contributed by atoms with Gasteiger partial charge in [-0.2, -0.15) is 0 Å². The number of rotatable bonds is 4. The number of anilines is 1. The molecule has 5 nitrogen and oxygen atoms in total. The van der Waals surface area contributed by atoms with Crippen LogP contribution in [-0.2, 0) is 6.42 Å². The Kier molecular flexibility index (Phi) is 5.15. The van der Waals surface area contributed by atoms with Crippen LogP contribution >= 0.6 is 11.3 Å². The van der Waals surface area contributed by atoms with Crippen LogP contribution in [0.15, 0.2) is 5.38 Å². The van der Waals surface area contributed by atoms with Crippen molar-refractivity contribution in [3.8, 4) is 0 Å². The second-order valence-electron chi connectivity index (χ2n) is 5.00. The molecule has 0 atom stereocenters. The van der Waals surface area contributed by atoms with Gasteiger partial charge in [0.15, 0.2) is 5.13 Å².